The molecule has 1 amide bonds. The van der Waals surface area contributed by atoms with E-state index in [0.29, 0.717) is 34.8 Å². The van der Waals surface area contributed by atoms with Crippen LogP contribution in [0.2, 0.25) is 0 Å². The minimum Gasteiger partial charge on any atom is -0.378 e. The van der Waals surface area contributed by atoms with Gasteiger partial charge in [-0.3, -0.25) is 9.78 Å². The number of aromatic nitrogens is 4. The lowest BCUT2D eigenvalue weighted by molar-refractivity contribution is -0.115. The number of halogens is 1. The lowest BCUT2D eigenvalue weighted by Crippen LogP contribution is -2.27. The number of nitriles is 1. The van der Waals surface area contributed by atoms with Gasteiger partial charge < -0.3 is 14.6 Å². The van der Waals surface area contributed by atoms with Crippen molar-refractivity contribution in [2.75, 3.05) is 11.9 Å². The molecule has 1 aliphatic rings. The second-order valence-corrected chi connectivity index (χ2v) is 8.64. The van der Waals surface area contributed by atoms with Crippen molar-refractivity contribution < 1.29 is 13.9 Å². The Kier molecular flexibility index (Phi) is 5.67. The molecule has 0 radical (unpaired) electrons. The first-order chi connectivity index (χ1) is 16.4. The van der Waals surface area contributed by atoms with E-state index in [9.17, 15) is 14.4 Å². The van der Waals surface area contributed by atoms with E-state index in [-0.39, 0.29) is 24.5 Å². The summed E-state index contributed by atoms with van der Waals surface area (Å²) in [6, 6.07) is 8.94. The van der Waals surface area contributed by atoms with Crippen LogP contribution < -0.4 is 5.32 Å². The number of ether oxygens (including phenoxy) is 1. The molecule has 1 N–H and O–H groups in total. The molecule has 1 aliphatic heterocycles. The van der Waals surface area contributed by atoms with Crippen LogP contribution >= 0.6 is 0 Å². The zero-order valence-electron chi connectivity index (χ0n) is 18.9. The smallest absolute Gasteiger partial charge is 0.232 e. The highest BCUT2D eigenvalue weighted by atomic mass is 19.1. The summed E-state index contributed by atoms with van der Waals surface area (Å²) >= 11 is 0. The third kappa shape index (κ3) is 4.08. The highest BCUT2D eigenvalue weighted by Crippen LogP contribution is 2.34. The van der Waals surface area contributed by atoms with Crippen LogP contribution in [-0.2, 0) is 16.0 Å². The Morgan fingerprint density at radius 1 is 1.29 bits per heavy atom. The number of imidazole rings is 1. The summed E-state index contributed by atoms with van der Waals surface area (Å²) in [6.07, 6.45) is 4.69. The first-order valence-corrected chi connectivity index (χ1v) is 11.2. The van der Waals surface area contributed by atoms with E-state index in [1.54, 1.807) is 19.2 Å². The molecule has 4 aromatic rings. The molecule has 8 nitrogen and oxygen atoms in total. The van der Waals surface area contributed by atoms with Gasteiger partial charge in [0.05, 0.1) is 53.3 Å². The summed E-state index contributed by atoms with van der Waals surface area (Å²) in [4.78, 5) is 25.9. The number of nitrogens with one attached hydrogen (secondary N) is 1. The van der Waals surface area contributed by atoms with E-state index < -0.39 is 5.95 Å². The second-order valence-electron chi connectivity index (χ2n) is 8.64. The fourth-order valence-electron chi connectivity index (χ4n) is 4.61. The van der Waals surface area contributed by atoms with E-state index in [0.717, 1.165) is 29.3 Å². The standard InChI is InChI=1S/C25H23FN6O2/c1-14-7-22(26)29-12-20(14)31-24(33)10-23-30-21-13-28-19-4-3-16(11-27)9-18(19)25(21)32(23)17-5-6-34-15(2)8-17/h3-4,7,9,12-13,15,17H,5-6,8,10H2,1-2H3,(H,31,33)/t15-,17-/m1/s1. The number of aryl methyl sites for hydroxylation is 1. The Balaban J connectivity index is 1.60. The lowest BCUT2D eigenvalue weighted by Gasteiger charge is -2.30. The molecule has 0 unspecified atom stereocenters. The summed E-state index contributed by atoms with van der Waals surface area (Å²) in [5.41, 5.74) is 3.88. The van der Waals surface area contributed by atoms with Crippen LogP contribution in [0.3, 0.4) is 0 Å². The van der Waals surface area contributed by atoms with Crippen LogP contribution in [0.1, 0.15) is 42.8 Å². The molecule has 1 fully saturated rings. The zero-order valence-corrected chi connectivity index (χ0v) is 18.9. The van der Waals surface area contributed by atoms with Crippen molar-refractivity contribution in [1.29, 1.82) is 5.26 Å². The molecule has 9 heteroatoms. The molecule has 1 saturated heterocycles. The molecule has 172 valence electrons. The molecule has 0 spiro atoms. The third-order valence-electron chi connectivity index (χ3n) is 6.21. The maximum atomic E-state index is 13.3. The normalized spacial score (nSPS) is 18.2. The van der Waals surface area contributed by atoms with Crippen molar-refractivity contribution in [3.8, 4) is 6.07 Å². The monoisotopic (exact) mass is 458 g/mol. The minimum atomic E-state index is -0.595. The van der Waals surface area contributed by atoms with Crippen molar-refractivity contribution >= 4 is 33.5 Å². The van der Waals surface area contributed by atoms with Crippen molar-refractivity contribution in [2.45, 2.75) is 45.3 Å². The van der Waals surface area contributed by atoms with Gasteiger partial charge in [-0.15, -0.1) is 0 Å². The Labute approximate surface area is 195 Å². The van der Waals surface area contributed by atoms with Gasteiger partial charge in [-0.2, -0.15) is 9.65 Å². The highest BCUT2D eigenvalue weighted by molar-refractivity contribution is 6.03. The Hall–Kier alpha value is -3.90. The number of amides is 1. The molecule has 1 aromatic carbocycles. The van der Waals surface area contributed by atoms with E-state index in [2.05, 4.69) is 25.9 Å². The van der Waals surface area contributed by atoms with E-state index in [4.69, 9.17) is 9.72 Å². The summed E-state index contributed by atoms with van der Waals surface area (Å²) in [5.74, 6) is -0.263. The number of nitrogens with zero attached hydrogens (tertiary/aromatic N) is 5. The number of hydrogen-bond donors (Lipinski definition) is 1. The number of pyridine rings is 2. The van der Waals surface area contributed by atoms with E-state index in [1.165, 1.54) is 12.3 Å². The largest absolute Gasteiger partial charge is 0.378 e. The van der Waals surface area contributed by atoms with Gasteiger partial charge in [0.1, 0.15) is 11.3 Å². The molecule has 5 rings (SSSR count). The maximum Gasteiger partial charge on any atom is 0.232 e. The van der Waals surface area contributed by atoms with Crippen LogP contribution in [0.5, 0.6) is 0 Å². The zero-order chi connectivity index (χ0) is 23.8. The third-order valence-corrected chi connectivity index (χ3v) is 6.21. The molecule has 2 atom stereocenters. The van der Waals surface area contributed by atoms with Crippen molar-refractivity contribution in [2.24, 2.45) is 0 Å². The number of rotatable bonds is 4. The Morgan fingerprint density at radius 2 is 2.15 bits per heavy atom. The minimum absolute atomic E-state index is 0.0245. The van der Waals surface area contributed by atoms with Crippen LogP contribution in [0, 0.1) is 24.2 Å². The van der Waals surface area contributed by atoms with Gasteiger partial charge in [0.2, 0.25) is 11.9 Å². The van der Waals surface area contributed by atoms with Gasteiger partial charge in [-0.1, -0.05) is 0 Å². The maximum absolute atomic E-state index is 13.3. The van der Waals surface area contributed by atoms with Gasteiger partial charge in [-0.05, 0) is 56.5 Å². The van der Waals surface area contributed by atoms with Crippen molar-refractivity contribution in [1.82, 2.24) is 19.5 Å². The summed E-state index contributed by atoms with van der Waals surface area (Å²) in [5, 5.41) is 13.1. The first kappa shape index (κ1) is 21.9. The predicted octanol–water partition coefficient (Wildman–Crippen LogP) is 4.22. The molecule has 34 heavy (non-hydrogen) atoms. The van der Waals surface area contributed by atoms with Crippen molar-refractivity contribution in [3.05, 3.63) is 59.6 Å². The second kappa shape index (κ2) is 8.80. The predicted molar refractivity (Wildman–Crippen MR) is 125 cm³/mol. The summed E-state index contributed by atoms with van der Waals surface area (Å²) in [7, 11) is 0. The van der Waals surface area contributed by atoms with Crippen LogP contribution in [-0.4, -0.2) is 38.1 Å². The van der Waals surface area contributed by atoms with Crippen molar-refractivity contribution in [3.63, 3.8) is 0 Å². The lowest BCUT2D eigenvalue weighted by atomic mass is 10.0. The summed E-state index contributed by atoms with van der Waals surface area (Å²) in [6.45, 7) is 4.36. The fraction of sp³-hybridized carbons (Fsp3) is 0.320. The topological polar surface area (TPSA) is 106 Å². The molecule has 0 saturated carbocycles. The first-order valence-electron chi connectivity index (χ1n) is 11.2. The Morgan fingerprint density at radius 3 is 2.91 bits per heavy atom. The number of carbonyl (C=O) groups excluding carboxylic acids is 1. The fourth-order valence-corrected chi connectivity index (χ4v) is 4.61. The molecular formula is C25H23FN6O2. The van der Waals surface area contributed by atoms with E-state index >= 15 is 0 Å². The highest BCUT2D eigenvalue weighted by Gasteiger charge is 2.27. The van der Waals surface area contributed by atoms with Gasteiger partial charge in [0, 0.05) is 18.0 Å². The summed E-state index contributed by atoms with van der Waals surface area (Å²) < 4.78 is 21.2. The molecule has 3 aromatic heterocycles. The molecule has 0 bridgehead atoms. The van der Waals surface area contributed by atoms with Gasteiger partial charge in [0.15, 0.2) is 0 Å². The van der Waals surface area contributed by atoms with Gasteiger partial charge in [-0.25, -0.2) is 9.97 Å². The van der Waals surface area contributed by atoms with Gasteiger partial charge in [0.25, 0.3) is 0 Å². The number of benzene rings is 1. The molecular weight excluding hydrogens is 435 g/mol. The van der Waals surface area contributed by atoms with E-state index in [1.807, 2.05) is 19.1 Å². The SMILES string of the molecule is Cc1cc(F)ncc1NC(=O)Cc1nc2cnc3ccc(C#N)cc3c2n1[C@@H]1CCO[C@H](C)C1. The Bertz CT molecular complexity index is 1460. The van der Waals surface area contributed by atoms with Gasteiger partial charge >= 0.3 is 0 Å². The number of hydrogen-bond acceptors (Lipinski definition) is 6. The quantitative estimate of drug-likeness (QED) is 0.459. The average molecular weight is 458 g/mol. The molecule has 0 aliphatic carbocycles. The van der Waals surface area contributed by atoms with Crippen LogP contribution in [0.25, 0.3) is 21.9 Å². The molecule has 4 heterocycles. The van der Waals surface area contributed by atoms with Crippen LogP contribution in [0.4, 0.5) is 10.1 Å². The number of anilines is 1. The van der Waals surface area contributed by atoms with Crippen LogP contribution in [0.15, 0.2) is 36.7 Å². The number of fused-ring (bicyclic) bond motifs is 3. The number of carbonyl (C=O) groups is 1. The average Bonchev–Trinajstić information content (AvgIpc) is 3.18.